The molecule has 0 saturated heterocycles. The Bertz CT molecular complexity index is 604. The maximum Gasteiger partial charge on any atom is 0.336 e. The van der Waals surface area contributed by atoms with Gasteiger partial charge < -0.3 is 27.1 Å². The first kappa shape index (κ1) is 44.9. The Balaban J connectivity index is -0.000000541. The molecule has 0 aromatic rings. The van der Waals surface area contributed by atoms with Gasteiger partial charge in [-0.25, -0.2) is 9.59 Å². The summed E-state index contributed by atoms with van der Waals surface area (Å²) in [4.78, 5) is 21.1. The second-order valence-corrected chi connectivity index (χ2v) is 10.5. The summed E-state index contributed by atoms with van der Waals surface area (Å²) in [6.07, 6.45) is 8.07. The van der Waals surface area contributed by atoms with E-state index >= 15 is 0 Å². The Kier molecular flexibility index (Phi) is 32.4. The zero-order valence-electron chi connectivity index (χ0n) is 28.4. The maximum absolute atomic E-state index is 10.7. The van der Waals surface area contributed by atoms with Crippen LogP contribution in [0.3, 0.4) is 0 Å². The first-order chi connectivity index (χ1) is 19.6. The predicted octanol–water partition coefficient (Wildman–Crippen LogP) is 8.16. The standard InChI is InChI=1S/C17H32O.C7H14O4.C4H7IO3.2C2H6/c1-4-7-17-13(5-2)10-14-8-9-15(17)11-16(14)12-18-6-3;1-4-10-6(3)11-7(9)5(2)8;1-3(8-5)4(6)7-2;2*1-2/h13-17H,4-12H2,1-3H3;5-6,8H,4H2,1-3H3;3H,1-2H3;2*1-2H3. The van der Waals surface area contributed by atoms with Crippen LogP contribution in [0, 0.1) is 29.6 Å². The normalized spacial score (nSPS) is 24.5. The summed E-state index contributed by atoms with van der Waals surface area (Å²) in [7, 11) is 1.33. The highest BCUT2D eigenvalue weighted by molar-refractivity contribution is 14.1. The van der Waals surface area contributed by atoms with Crippen molar-refractivity contribution in [1.82, 2.24) is 0 Å². The fourth-order valence-corrected chi connectivity index (χ4v) is 5.70. The van der Waals surface area contributed by atoms with E-state index in [2.05, 4.69) is 33.3 Å². The Morgan fingerprint density at radius 3 is 1.85 bits per heavy atom. The van der Waals surface area contributed by atoms with Gasteiger partial charge in [0, 0.05) is 19.8 Å². The minimum atomic E-state index is -1.09. The van der Waals surface area contributed by atoms with Crippen LogP contribution in [-0.4, -0.2) is 62.5 Å². The van der Waals surface area contributed by atoms with E-state index in [0.717, 1.165) is 42.8 Å². The molecule has 0 amide bonds. The molecule has 0 heterocycles. The van der Waals surface area contributed by atoms with Crippen LogP contribution in [0.2, 0.25) is 0 Å². The fraction of sp³-hybridized carbons (Fsp3) is 0.938. The van der Waals surface area contributed by atoms with Gasteiger partial charge in [0.1, 0.15) is 29.1 Å². The van der Waals surface area contributed by atoms with Crippen molar-refractivity contribution in [2.45, 2.75) is 140 Å². The van der Waals surface area contributed by atoms with Crippen LogP contribution in [0.4, 0.5) is 0 Å². The molecule has 248 valence electrons. The van der Waals surface area contributed by atoms with Crippen molar-refractivity contribution in [3.63, 3.8) is 0 Å². The van der Waals surface area contributed by atoms with E-state index in [1.54, 1.807) is 43.8 Å². The van der Waals surface area contributed by atoms with Gasteiger partial charge in [-0.1, -0.05) is 60.8 Å². The van der Waals surface area contributed by atoms with Gasteiger partial charge >= 0.3 is 11.9 Å². The molecule has 1 N–H and O–H groups in total. The van der Waals surface area contributed by atoms with Gasteiger partial charge in [0.05, 0.1) is 7.11 Å². The Morgan fingerprint density at radius 2 is 1.44 bits per heavy atom. The quantitative estimate of drug-likeness (QED) is 0.123. The van der Waals surface area contributed by atoms with Gasteiger partial charge in [-0.15, -0.1) is 0 Å². The van der Waals surface area contributed by atoms with Gasteiger partial charge in [-0.2, -0.15) is 0 Å². The second kappa shape index (κ2) is 29.6. The van der Waals surface area contributed by atoms with E-state index in [1.165, 1.54) is 59.0 Å². The maximum atomic E-state index is 10.7. The Labute approximate surface area is 267 Å². The van der Waals surface area contributed by atoms with E-state index in [4.69, 9.17) is 14.6 Å². The lowest BCUT2D eigenvalue weighted by Crippen LogP contribution is -2.27. The molecule has 8 nitrogen and oxygen atoms in total. The molecule has 0 aliphatic heterocycles. The van der Waals surface area contributed by atoms with Gasteiger partial charge in [0.25, 0.3) is 0 Å². The Hall–Kier alpha value is -0.490. The molecule has 0 spiro atoms. The van der Waals surface area contributed by atoms with E-state index in [1.807, 2.05) is 27.7 Å². The van der Waals surface area contributed by atoms with Crippen LogP contribution >= 0.6 is 23.0 Å². The molecule has 8 unspecified atom stereocenters. The first-order valence-electron chi connectivity index (χ1n) is 16.0. The summed E-state index contributed by atoms with van der Waals surface area (Å²) in [5, 5.41) is 8.71. The lowest BCUT2D eigenvalue weighted by molar-refractivity contribution is -0.182. The van der Waals surface area contributed by atoms with Crippen molar-refractivity contribution < 1.29 is 36.7 Å². The zero-order valence-corrected chi connectivity index (χ0v) is 30.5. The minimum Gasteiger partial charge on any atom is -0.467 e. The highest BCUT2D eigenvalue weighted by Crippen LogP contribution is 2.50. The van der Waals surface area contributed by atoms with Gasteiger partial charge in [-0.05, 0) is 89.9 Å². The molecule has 2 bridgehead atoms. The summed E-state index contributed by atoms with van der Waals surface area (Å²) in [6, 6.07) is 0. The van der Waals surface area contributed by atoms with Crippen molar-refractivity contribution >= 4 is 34.9 Å². The first-order valence-corrected chi connectivity index (χ1v) is 16.9. The Morgan fingerprint density at radius 1 is 0.878 bits per heavy atom. The van der Waals surface area contributed by atoms with Crippen molar-refractivity contribution in [2.75, 3.05) is 26.9 Å². The molecule has 8 atom stereocenters. The molecule has 3 aliphatic rings. The number of hydrogen-bond acceptors (Lipinski definition) is 8. The van der Waals surface area contributed by atoms with E-state index < -0.39 is 24.5 Å². The topological polar surface area (TPSA) is 101 Å². The van der Waals surface area contributed by atoms with Crippen LogP contribution in [-0.2, 0) is 31.6 Å². The summed E-state index contributed by atoms with van der Waals surface area (Å²) < 4.78 is 24.2. The minimum absolute atomic E-state index is 0.348. The average Bonchev–Trinajstić information content (AvgIpc) is 3.25. The third-order valence-electron chi connectivity index (χ3n) is 7.37. The van der Waals surface area contributed by atoms with Crippen molar-refractivity contribution in [3.05, 3.63) is 0 Å². The number of rotatable bonds is 12. The number of aliphatic hydroxyl groups excluding tert-OH is 1. The van der Waals surface area contributed by atoms with Crippen molar-refractivity contribution in [2.24, 2.45) is 29.6 Å². The molecular weight excluding hydrogens is 639 g/mol. The highest BCUT2D eigenvalue weighted by atomic mass is 127. The number of methoxy groups -OCH3 is 1. The molecular formula is C32H65IO8. The number of hydrogen-bond donors (Lipinski definition) is 1. The molecule has 3 aliphatic carbocycles. The smallest absolute Gasteiger partial charge is 0.336 e. The van der Waals surface area contributed by atoms with Gasteiger partial charge in [0.2, 0.25) is 0 Å². The molecule has 3 saturated carbocycles. The molecule has 3 rings (SSSR count). The monoisotopic (exact) mass is 704 g/mol. The highest BCUT2D eigenvalue weighted by Gasteiger charge is 2.41. The lowest BCUT2D eigenvalue weighted by Gasteiger charge is -2.34. The molecule has 0 aromatic heterocycles. The predicted molar refractivity (Wildman–Crippen MR) is 176 cm³/mol. The summed E-state index contributed by atoms with van der Waals surface area (Å²) in [5.41, 5.74) is 0. The molecule has 41 heavy (non-hydrogen) atoms. The molecule has 0 aromatic carbocycles. The van der Waals surface area contributed by atoms with E-state index in [-0.39, 0.29) is 5.97 Å². The third-order valence-corrected chi connectivity index (χ3v) is 8.13. The number of carbonyl (C=O) groups is 2. The van der Waals surface area contributed by atoms with Crippen molar-refractivity contribution in [3.8, 4) is 0 Å². The van der Waals surface area contributed by atoms with Crippen LogP contribution in [0.5, 0.6) is 0 Å². The van der Waals surface area contributed by atoms with Crippen molar-refractivity contribution in [1.29, 1.82) is 0 Å². The number of esters is 2. The third kappa shape index (κ3) is 20.2. The number of halogens is 1. The summed E-state index contributed by atoms with van der Waals surface area (Å²) in [6.45, 7) is 23.7. The number of carbonyl (C=O) groups excluding carboxylic acids is 2. The van der Waals surface area contributed by atoms with Crippen LogP contribution < -0.4 is 0 Å². The lowest BCUT2D eigenvalue weighted by atomic mass is 9.72. The average molecular weight is 705 g/mol. The van der Waals surface area contributed by atoms with Crippen LogP contribution in [0.25, 0.3) is 0 Å². The van der Waals surface area contributed by atoms with Crippen LogP contribution in [0.1, 0.15) is 121 Å². The number of ether oxygens (including phenoxy) is 4. The molecule has 0 radical (unpaired) electrons. The summed E-state index contributed by atoms with van der Waals surface area (Å²) >= 11 is 1.65. The van der Waals surface area contributed by atoms with Gasteiger partial charge in [-0.3, -0.25) is 0 Å². The van der Waals surface area contributed by atoms with Gasteiger partial charge in [0.15, 0.2) is 12.4 Å². The molecule has 3 fully saturated rings. The second-order valence-electron chi connectivity index (χ2n) is 10.00. The molecule has 9 heteroatoms. The number of fused-ring (bicyclic) bond motifs is 4. The van der Waals surface area contributed by atoms with E-state index in [0.29, 0.717) is 6.61 Å². The number of aliphatic hydroxyl groups is 1. The summed E-state index contributed by atoms with van der Waals surface area (Å²) in [5.74, 6) is 3.88. The zero-order chi connectivity index (χ0) is 32.4. The SMILES string of the molecule is CC.CC.CCCC1C(CC)CC2CCC1CC2COCC.CCOC(C)OC(=O)C(C)O.COC(=O)C(C)OI. The largest absolute Gasteiger partial charge is 0.467 e. The fourth-order valence-electron chi connectivity index (χ4n) is 5.49. The van der Waals surface area contributed by atoms with Crippen LogP contribution in [0.15, 0.2) is 0 Å². The van der Waals surface area contributed by atoms with E-state index in [9.17, 15) is 9.59 Å².